The molecule has 4 heteroatoms. The van der Waals surface area contributed by atoms with Gasteiger partial charge in [-0.15, -0.1) is 0 Å². The highest BCUT2D eigenvalue weighted by Crippen LogP contribution is 2.30. The van der Waals surface area contributed by atoms with E-state index in [2.05, 4.69) is 0 Å². The summed E-state index contributed by atoms with van der Waals surface area (Å²) in [5.41, 5.74) is 6.43. The van der Waals surface area contributed by atoms with Crippen molar-refractivity contribution < 1.29 is 14.2 Å². The summed E-state index contributed by atoms with van der Waals surface area (Å²) in [6.45, 7) is -0.0662. The molecule has 3 N–H and O–H groups in total. The molecule has 3 nitrogen and oxygen atoms in total. The van der Waals surface area contributed by atoms with Crippen LogP contribution in [0.3, 0.4) is 0 Å². The quantitative estimate of drug-likeness (QED) is 0.857. The van der Waals surface area contributed by atoms with Crippen LogP contribution < -0.4 is 10.5 Å². The maximum atomic E-state index is 14.1. The number of nitrogens with two attached hydrogens (primary N) is 1. The number of aliphatic hydroxyl groups is 1. The second kappa shape index (κ2) is 6.70. The third-order valence-corrected chi connectivity index (χ3v) is 3.82. The molecule has 0 spiro atoms. The maximum Gasteiger partial charge on any atom is 0.127 e. The van der Waals surface area contributed by atoms with Gasteiger partial charge in [-0.05, 0) is 35.7 Å². The van der Waals surface area contributed by atoms with Crippen LogP contribution in [0.15, 0.2) is 48.5 Å². The van der Waals surface area contributed by atoms with Gasteiger partial charge in [0, 0.05) is 12.0 Å². The molecule has 0 fully saturated rings. The second-order valence-electron chi connectivity index (χ2n) is 5.15. The highest BCUT2D eigenvalue weighted by molar-refractivity contribution is 5.34. The SMILES string of the molecule is COc1cccc(CC(CN)(CO)c2ccccc2F)c1. The fourth-order valence-corrected chi connectivity index (χ4v) is 2.55. The molecule has 1 atom stereocenters. The summed E-state index contributed by atoms with van der Waals surface area (Å²) in [6, 6.07) is 14.0. The van der Waals surface area contributed by atoms with E-state index in [1.165, 1.54) is 6.07 Å². The fraction of sp³-hybridized carbons (Fsp3) is 0.294. The van der Waals surface area contributed by atoms with E-state index >= 15 is 0 Å². The maximum absolute atomic E-state index is 14.1. The molecule has 0 aliphatic rings. The van der Waals surface area contributed by atoms with Crippen LogP contribution in [0.4, 0.5) is 4.39 Å². The fourth-order valence-electron chi connectivity index (χ4n) is 2.55. The van der Waals surface area contributed by atoms with Gasteiger partial charge in [0.2, 0.25) is 0 Å². The molecule has 2 rings (SSSR count). The first kappa shape index (κ1) is 15.5. The minimum absolute atomic E-state index is 0.154. The summed E-state index contributed by atoms with van der Waals surface area (Å²) in [6.07, 6.45) is 0.443. The Balaban J connectivity index is 2.40. The van der Waals surface area contributed by atoms with Crippen LogP contribution in [0.2, 0.25) is 0 Å². The molecule has 0 saturated carbocycles. The summed E-state index contributed by atoms with van der Waals surface area (Å²) >= 11 is 0. The van der Waals surface area contributed by atoms with E-state index in [1.54, 1.807) is 25.3 Å². The van der Waals surface area contributed by atoms with Crippen molar-refractivity contribution in [2.75, 3.05) is 20.3 Å². The van der Waals surface area contributed by atoms with E-state index in [-0.39, 0.29) is 19.0 Å². The predicted octanol–water partition coefficient (Wildman–Crippen LogP) is 2.27. The number of hydrogen-bond donors (Lipinski definition) is 2. The Morgan fingerprint density at radius 2 is 1.95 bits per heavy atom. The van der Waals surface area contributed by atoms with E-state index in [0.29, 0.717) is 12.0 Å². The van der Waals surface area contributed by atoms with Crippen LogP contribution in [-0.2, 0) is 11.8 Å². The smallest absolute Gasteiger partial charge is 0.127 e. The minimum Gasteiger partial charge on any atom is -0.497 e. The van der Waals surface area contributed by atoms with Crippen molar-refractivity contribution in [3.8, 4) is 5.75 Å². The summed E-state index contributed by atoms with van der Waals surface area (Å²) in [5.74, 6) is 0.379. The number of halogens is 1. The van der Waals surface area contributed by atoms with Gasteiger partial charge in [-0.1, -0.05) is 30.3 Å². The molecule has 2 aromatic carbocycles. The standard InChI is InChI=1S/C17H20FNO2/c1-21-14-6-4-5-13(9-14)10-17(11-19,12-20)15-7-2-3-8-16(15)18/h2-9,20H,10-12,19H2,1H3. The highest BCUT2D eigenvalue weighted by atomic mass is 19.1. The number of ether oxygens (including phenoxy) is 1. The Kier molecular flexibility index (Phi) is 4.94. The molecule has 1 unspecified atom stereocenters. The molecular weight excluding hydrogens is 269 g/mol. The molecular formula is C17H20FNO2. The van der Waals surface area contributed by atoms with Gasteiger partial charge in [-0.3, -0.25) is 0 Å². The monoisotopic (exact) mass is 289 g/mol. The Morgan fingerprint density at radius 1 is 1.19 bits per heavy atom. The summed E-state index contributed by atoms with van der Waals surface area (Å²) in [4.78, 5) is 0. The van der Waals surface area contributed by atoms with Gasteiger partial charge in [0.1, 0.15) is 11.6 Å². The van der Waals surface area contributed by atoms with Gasteiger partial charge in [0.15, 0.2) is 0 Å². The van der Waals surface area contributed by atoms with Crippen LogP contribution >= 0.6 is 0 Å². The number of benzene rings is 2. The first-order valence-electron chi connectivity index (χ1n) is 6.84. The number of rotatable bonds is 6. The van der Waals surface area contributed by atoms with E-state index < -0.39 is 5.41 Å². The van der Waals surface area contributed by atoms with E-state index in [9.17, 15) is 9.50 Å². The first-order valence-corrected chi connectivity index (χ1v) is 6.84. The molecule has 21 heavy (non-hydrogen) atoms. The zero-order valence-corrected chi connectivity index (χ0v) is 12.1. The lowest BCUT2D eigenvalue weighted by Crippen LogP contribution is -2.41. The second-order valence-corrected chi connectivity index (χ2v) is 5.15. The van der Waals surface area contributed by atoms with Crippen molar-refractivity contribution in [2.24, 2.45) is 5.73 Å². The minimum atomic E-state index is -0.836. The van der Waals surface area contributed by atoms with Crippen LogP contribution in [-0.4, -0.2) is 25.4 Å². The topological polar surface area (TPSA) is 55.5 Å². The van der Waals surface area contributed by atoms with Crippen LogP contribution in [0.25, 0.3) is 0 Å². The third kappa shape index (κ3) is 3.23. The molecule has 112 valence electrons. The third-order valence-electron chi connectivity index (χ3n) is 3.82. The van der Waals surface area contributed by atoms with E-state index in [1.807, 2.05) is 24.3 Å². The molecule has 0 radical (unpaired) electrons. The molecule has 0 aliphatic carbocycles. The molecule has 0 aromatic heterocycles. The Bertz CT molecular complexity index is 597. The lowest BCUT2D eigenvalue weighted by Gasteiger charge is -2.31. The number of methoxy groups -OCH3 is 1. The summed E-state index contributed by atoms with van der Waals surface area (Å²) in [7, 11) is 1.60. The number of aliphatic hydroxyl groups excluding tert-OH is 1. The van der Waals surface area contributed by atoms with Crippen LogP contribution in [0.5, 0.6) is 5.75 Å². The van der Waals surface area contributed by atoms with Crippen molar-refractivity contribution in [1.29, 1.82) is 0 Å². The zero-order chi connectivity index (χ0) is 15.3. The zero-order valence-electron chi connectivity index (χ0n) is 12.1. The number of hydrogen-bond acceptors (Lipinski definition) is 3. The highest BCUT2D eigenvalue weighted by Gasteiger charge is 2.33. The summed E-state index contributed by atoms with van der Waals surface area (Å²) in [5, 5.41) is 9.86. The van der Waals surface area contributed by atoms with Crippen LogP contribution in [0, 0.1) is 5.82 Å². The molecule has 0 aliphatic heterocycles. The Hall–Kier alpha value is -1.91. The molecule has 2 aromatic rings. The van der Waals surface area contributed by atoms with Crippen LogP contribution in [0.1, 0.15) is 11.1 Å². The molecule has 0 amide bonds. The Labute approximate surface area is 124 Å². The van der Waals surface area contributed by atoms with Crippen molar-refractivity contribution in [3.63, 3.8) is 0 Å². The van der Waals surface area contributed by atoms with E-state index in [0.717, 1.165) is 11.3 Å². The van der Waals surface area contributed by atoms with Crippen molar-refractivity contribution in [1.82, 2.24) is 0 Å². The predicted molar refractivity (Wildman–Crippen MR) is 80.9 cm³/mol. The van der Waals surface area contributed by atoms with Gasteiger partial charge in [-0.2, -0.15) is 0 Å². The van der Waals surface area contributed by atoms with Gasteiger partial charge >= 0.3 is 0 Å². The van der Waals surface area contributed by atoms with Crippen molar-refractivity contribution in [3.05, 3.63) is 65.5 Å². The van der Waals surface area contributed by atoms with Gasteiger partial charge in [0.25, 0.3) is 0 Å². The largest absolute Gasteiger partial charge is 0.497 e. The average Bonchev–Trinajstić information content (AvgIpc) is 2.53. The summed E-state index contributed by atoms with van der Waals surface area (Å²) < 4.78 is 19.3. The molecule has 0 saturated heterocycles. The lowest BCUT2D eigenvalue weighted by molar-refractivity contribution is 0.192. The average molecular weight is 289 g/mol. The molecule has 0 heterocycles. The van der Waals surface area contributed by atoms with Gasteiger partial charge < -0.3 is 15.6 Å². The van der Waals surface area contributed by atoms with E-state index in [4.69, 9.17) is 10.5 Å². The van der Waals surface area contributed by atoms with Gasteiger partial charge in [-0.25, -0.2) is 4.39 Å². The van der Waals surface area contributed by atoms with Crippen molar-refractivity contribution >= 4 is 0 Å². The first-order chi connectivity index (χ1) is 10.1. The van der Waals surface area contributed by atoms with Crippen molar-refractivity contribution in [2.45, 2.75) is 11.8 Å². The normalized spacial score (nSPS) is 13.7. The molecule has 0 bridgehead atoms. The van der Waals surface area contributed by atoms with Gasteiger partial charge in [0.05, 0.1) is 13.7 Å². The lowest BCUT2D eigenvalue weighted by atomic mass is 9.76. The Morgan fingerprint density at radius 3 is 2.57 bits per heavy atom.